The molecule has 0 aliphatic rings. The van der Waals surface area contributed by atoms with E-state index in [1.165, 1.54) is 0 Å². The first kappa shape index (κ1) is 13.2. The molecule has 19 heavy (non-hydrogen) atoms. The van der Waals surface area contributed by atoms with Crippen molar-refractivity contribution in [3.05, 3.63) is 53.1 Å². The van der Waals surface area contributed by atoms with Crippen LogP contribution in [0.3, 0.4) is 0 Å². The number of methoxy groups -OCH3 is 1. The highest BCUT2D eigenvalue weighted by Gasteiger charge is 2.11. The van der Waals surface area contributed by atoms with Crippen LogP contribution in [0.5, 0.6) is 17.2 Å². The van der Waals surface area contributed by atoms with Crippen LogP contribution in [0.1, 0.15) is 5.56 Å². The first-order valence-corrected chi connectivity index (χ1v) is 5.94. The third-order valence-corrected chi connectivity index (χ3v) is 2.76. The Kier molecular flexibility index (Phi) is 3.92. The summed E-state index contributed by atoms with van der Waals surface area (Å²) in [5, 5.41) is 8.04. The first-order chi connectivity index (χ1) is 9.11. The highest BCUT2D eigenvalue weighted by atomic mass is 35.5. The summed E-state index contributed by atoms with van der Waals surface area (Å²) in [6, 6.07) is 12.1. The van der Waals surface area contributed by atoms with Gasteiger partial charge in [0, 0.05) is 11.1 Å². The van der Waals surface area contributed by atoms with Crippen LogP contribution in [0.25, 0.3) is 0 Å². The number of para-hydroxylation sites is 2. The Hall–Kier alpha value is -2.20. The van der Waals surface area contributed by atoms with Gasteiger partial charge in [0.05, 0.1) is 12.7 Å². The average Bonchev–Trinajstić information content (AvgIpc) is 2.39. The fourth-order valence-corrected chi connectivity index (χ4v) is 1.79. The van der Waals surface area contributed by atoms with Crippen LogP contribution in [0.15, 0.2) is 42.5 Å². The molecule has 0 aromatic heterocycles. The Morgan fingerprint density at radius 2 is 1.79 bits per heavy atom. The van der Waals surface area contributed by atoms with E-state index in [1.54, 1.807) is 37.4 Å². The van der Waals surface area contributed by atoms with Crippen molar-refractivity contribution in [1.82, 2.24) is 0 Å². The predicted octanol–water partition coefficient (Wildman–Crippen LogP) is 3.42. The summed E-state index contributed by atoms with van der Waals surface area (Å²) >= 11 is 5.94. The van der Waals surface area contributed by atoms with Gasteiger partial charge in [-0.05, 0) is 24.3 Å². The van der Waals surface area contributed by atoms with Crippen LogP contribution in [-0.2, 0) is 0 Å². The molecule has 0 bridgehead atoms. The molecule has 0 aliphatic heterocycles. The minimum Gasteiger partial charge on any atom is -0.493 e. The number of hydrogen-bond acceptors (Lipinski definition) is 3. The Balaban J connectivity index is 2.42. The number of benzene rings is 2. The predicted molar refractivity (Wildman–Crippen MR) is 75.5 cm³/mol. The van der Waals surface area contributed by atoms with Crippen LogP contribution in [-0.4, -0.2) is 12.9 Å². The van der Waals surface area contributed by atoms with Gasteiger partial charge >= 0.3 is 0 Å². The molecule has 0 atom stereocenters. The molecule has 2 rings (SSSR count). The molecule has 0 unspecified atom stereocenters. The van der Waals surface area contributed by atoms with E-state index in [-0.39, 0.29) is 5.84 Å². The van der Waals surface area contributed by atoms with Crippen LogP contribution in [0.4, 0.5) is 0 Å². The van der Waals surface area contributed by atoms with E-state index in [0.717, 1.165) is 0 Å². The maximum absolute atomic E-state index is 7.53. The van der Waals surface area contributed by atoms with E-state index >= 15 is 0 Å². The third-order valence-electron chi connectivity index (χ3n) is 2.52. The maximum Gasteiger partial charge on any atom is 0.169 e. The number of nitrogen functional groups attached to an aromatic ring is 1. The van der Waals surface area contributed by atoms with Gasteiger partial charge in [0.25, 0.3) is 0 Å². The van der Waals surface area contributed by atoms with Crippen molar-refractivity contribution in [2.75, 3.05) is 7.11 Å². The number of nitrogens with one attached hydrogen (secondary N) is 1. The minimum atomic E-state index is -0.0819. The van der Waals surface area contributed by atoms with Crippen molar-refractivity contribution in [3.8, 4) is 17.2 Å². The van der Waals surface area contributed by atoms with Gasteiger partial charge in [-0.1, -0.05) is 23.7 Å². The molecular weight excluding hydrogens is 264 g/mol. The summed E-state index contributed by atoms with van der Waals surface area (Å²) in [5.41, 5.74) is 6.00. The smallest absolute Gasteiger partial charge is 0.169 e. The fourth-order valence-electron chi connectivity index (χ4n) is 1.62. The zero-order valence-corrected chi connectivity index (χ0v) is 11.1. The van der Waals surface area contributed by atoms with Crippen LogP contribution in [0.2, 0.25) is 5.02 Å². The molecule has 0 spiro atoms. The summed E-state index contributed by atoms with van der Waals surface area (Å²) in [5.74, 6) is 1.47. The van der Waals surface area contributed by atoms with Gasteiger partial charge in [-0.25, -0.2) is 0 Å². The lowest BCUT2D eigenvalue weighted by molar-refractivity contribution is 0.378. The third kappa shape index (κ3) is 2.98. The second kappa shape index (κ2) is 5.63. The lowest BCUT2D eigenvalue weighted by atomic mass is 10.2. The molecule has 2 aromatic carbocycles. The summed E-state index contributed by atoms with van der Waals surface area (Å²) in [6.45, 7) is 0. The largest absolute Gasteiger partial charge is 0.493 e. The molecule has 0 amide bonds. The van der Waals surface area contributed by atoms with Gasteiger partial charge < -0.3 is 15.2 Å². The SMILES string of the molecule is COc1ccccc1Oc1cc(Cl)ccc1C(=N)N. The standard InChI is InChI=1S/C14H13ClN2O2/c1-18-11-4-2-3-5-12(11)19-13-8-9(15)6-7-10(13)14(16)17/h2-8H,1H3,(H3,16,17). The lowest BCUT2D eigenvalue weighted by Crippen LogP contribution is -2.12. The molecule has 3 N–H and O–H groups in total. The summed E-state index contributed by atoms with van der Waals surface area (Å²) < 4.78 is 10.9. The highest BCUT2D eigenvalue weighted by Crippen LogP contribution is 2.33. The van der Waals surface area contributed by atoms with Crippen molar-refractivity contribution in [2.45, 2.75) is 0 Å². The van der Waals surface area contributed by atoms with Crippen molar-refractivity contribution in [2.24, 2.45) is 5.73 Å². The fraction of sp³-hybridized carbons (Fsp3) is 0.0714. The van der Waals surface area contributed by atoms with Crippen molar-refractivity contribution in [3.63, 3.8) is 0 Å². The molecule has 98 valence electrons. The van der Waals surface area contributed by atoms with Crippen molar-refractivity contribution >= 4 is 17.4 Å². The number of amidine groups is 1. The molecule has 0 saturated carbocycles. The van der Waals surface area contributed by atoms with E-state index in [0.29, 0.717) is 27.8 Å². The Morgan fingerprint density at radius 3 is 2.42 bits per heavy atom. The zero-order valence-electron chi connectivity index (χ0n) is 10.3. The van der Waals surface area contributed by atoms with Gasteiger partial charge in [0.15, 0.2) is 11.5 Å². The van der Waals surface area contributed by atoms with E-state index in [9.17, 15) is 0 Å². The van der Waals surface area contributed by atoms with E-state index in [4.69, 9.17) is 32.2 Å². The molecule has 0 aliphatic carbocycles. The summed E-state index contributed by atoms with van der Waals surface area (Å²) in [6.07, 6.45) is 0. The molecule has 0 heterocycles. The van der Waals surface area contributed by atoms with Gasteiger partial charge in [-0.2, -0.15) is 0 Å². The quantitative estimate of drug-likeness (QED) is 0.664. The number of ether oxygens (including phenoxy) is 2. The van der Waals surface area contributed by atoms with Crippen LogP contribution in [0, 0.1) is 5.41 Å². The first-order valence-electron chi connectivity index (χ1n) is 5.56. The highest BCUT2D eigenvalue weighted by molar-refractivity contribution is 6.30. The number of halogens is 1. The number of hydrogen-bond donors (Lipinski definition) is 2. The number of rotatable bonds is 4. The Labute approximate surface area is 116 Å². The monoisotopic (exact) mass is 276 g/mol. The van der Waals surface area contributed by atoms with Crippen molar-refractivity contribution < 1.29 is 9.47 Å². The second-order valence-corrected chi connectivity index (χ2v) is 4.24. The lowest BCUT2D eigenvalue weighted by Gasteiger charge is -2.13. The molecule has 0 radical (unpaired) electrons. The van der Waals surface area contributed by atoms with Crippen LogP contribution < -0.4 is 15.2 Å². The Morgan fingerprint density at radius 1 is 1.11 bits per heavy atom. The topological polar surface area (TPSA) is 68.3 Å². The molecule has 0 saturated heterocycles. The maximum atomic E-state index is 7.53. The average molecular weight is 277 g/mol. The van der Waals surface area contributed by atoms with Gasteiger partial charge in [0.2, 0.25) is 0 Å². The molecule has 4 nitrogen and oxygen atoms in total. The van der Waals surface area contributed by atoms with Crippen molar-refractivity contribution in [1.29, 1.82) is 5.41 Å². The minimum absolute atomic E-state index is 0.0819. The number of nitrogens with two attached hydrogens (primary N) is 1. The molecule has 2 aromatic rings. The second-order valence-electron chi connectivity index (χ2n) is 3.81. The van der Waals surface area contributed by atoms with Gasteiger partial charge in [-0.15, -0.1) is 0 Å². The summed E-state index contributed by atoms with van der Waals surface area (Å²) in [4.78, 5) is 0. The summed E-state index contributed by atoms with van der Waals surface area (Å²) in [7, 11) is 1.56. The van der Waals surface area contributed by atoms with Gasteiger partial charge in [0.1, 0.15) is 11.6 Å². The molecule has 5 heteroatoms. The molecule has 0 fully saturated rings. The van der Waals surface area contributed by atoms with E-state index in [1.807, 2.05) is 12.1 Å². The van der Waals surface area contributed by atoms with E-state index < -0.39 is 0 Å². The Bertz CT molecular complexity index is 614. The normalized spacial score (nSPS) is 10.0. The van der Waals surface area contributed by atoms with E-state index in [2.05, 4.69) is 0 Å². The van der Waals surface area contributed by atoms with Gasteiger partial charge in [-0.3, -0.25) is 5.41 Å². The van der Waals surface area contributed by atoms with Crippen LogP contribution >= 0.6 is 11.6 Å². The zero-order chi connectivity index (χ0) is 13.8. The molecular formula is C14H13ClN2O2.